The Morgan fingerprint density at radius 3 is 2.35 bits per heavy atom. The molecule has 3 rings (SSSR count). The number of rotatable bonds is 5. The van der Waals surface area contributed by atoms with Crippen LogP contribution in [-0.4, -0.2) is 60.4 Å². The van der Waals surface area contributed by atoms with Gasteiger partial charge in [-0.05, 0) is 44.5 Å². The van der Waals surface area contributed by atoms with Gasteiger partial charge < -0.3 is 15.4 Å². The molecule has 26 heavy (non-hydrogen) atoms. The molecule has 142 valence electrons. The number of benzene rings is 1. The van der Waals surface area contributed by atoms with Gasteiger partial charge in [-0.2, -0.15) is 0 Å². The van der Waals surface area contributed by atoms with Crippen LogP contribution in [-0.2, 0) is 9.59 Å². The highest BCUT2D eigenvalue weighted by atomic mass is 16.5. The van der Waals surface area contributed by atoms with Crippen molar-refractivity contribution in [1.29, 1.82) is 0 Å². The van der Waals surface area contributed by atoms with E-state index in [2.05, 4.69) is 13.0 Å². The van der Waals surface area contributed by atoms with E-state index in [0.29, 0.717) is 6.54 Å². The normalized spacial score (nSPS) is 20.1. The predicted octanol–water partition coefficient (Wildman–Crippen LogP) is 1.56. The molecule has 6 heteroatoms. The summed E-state index contributed by atoms with van der Waals surface area (Å²) < 4.78 is 6.12. The zero-order chi connectivity index (χ0) is 18.5. The lowest BCUT2D eigenvalue weighted by atomic mass is 9.94. The van der Waals surface area contributed by atoms with Crippen LogP contribution in [0.5, 0.6) is 5.75 Å². The highest BCUT2D eigenvalue weighted by molar-refractivity contribution is 5.79. The van der Waals surface area contributed by atoms with E-state index in [4.69, 9.17) is 10.5 Å². The van der Waals surface area contributed by atoms with E-state index in [1.807, 2.05) is 28.0 Å². The molecule has 0 atom stereocenters. The summed E-state index contributed by atoms with van der Waals surface area (Å²) in [4.78, 5) is 27.8. The Hall–Kier alpha value is -2.08. The minimum Gasteiger partial charge on any atom is -0.490 e. The van der Waals surface area contributed by atoms with Crippen molar-refractivity contribution in [3.63, 3.8) is 0 Å². The summed E-state index contributed by atoms with van der Waals surface area (Å²) in [6.07, 6.45) is 3.55. The number of aryl methyl sites for hydroxylation is 1. The maximum Gasteiger partial charge on any atom is 0.231 e. The quantitative estimate of drug-likeness (QED) is 0.866. The molecule has 2 saturated heterocycles. The summed E-state index contributed by atoms with van der Waals surface area (Å²) in [5.74, 6) is 0.982. The van der Waals surface area contributed by atoms with E-state index in [1.54, 1.807) is 0 Å². The standard InChI is InChI=1S/C20H29N3O3/c1-15-4-2-3-5-18(15)26-17-8-12-23(13-9-17)20(25)16-6-10-22(11-7-16)14-19(21)24/h2-5,16-17H,6-14H2,1H3,(H2,21,24). The second kappa shape index (κ2) is 8.54. The summed E-state index contributed by atoms with van der Waals surface area (Å²) in [5, 5.41) is 0. The Labute approximate surface area is 155 Å². The molecule has 0 spiro atoms. The molecular formula is C20H29N3O3. The average Bonchev–Trinajstić information content (AvgIpc) is 2.64. The van der Waals surface area contributed by atoms with Crippen molar-refractivity contribution in [2.75, 3.05) is 32.7 Å². The lowest BCUT2D eigenvalue weighted by Crippen LogP contribution is -2.47. The van der Waals surface area contributed by atoms with Crippen LogP contribution in [0.4, 0.5) is 0 Å². The molecule has 0 unspecified atom stereocenters. The summed E-state index contributed by atoms with van der Waals surface area (Å²) >= 11 is 0. The number of likely N-dealkylation sites (tertiary alicyclic amines) is 2. The van der Waals surface area contributed by atoms with Crippen LogP contribution < -0.4 is 10.5 Å². The topological polar surface area (TPSA) is 75.9 Å². The summed E-state index contributed by atoms with van der Waals surface area (Å²) in [6.45, 7) is 5.41. The van der Waals surface area contributed by atoms with E-state index in [9.17, 15) is 9.59 Å². The molecule has 1 aromatic carbocycles. The SMILES string of the molecule is Cc1ccccc1OC1CCN(C(=O)C2CCN(CC(N)=O)CC2)CC1. The van der Waals surface area contributed by atoms with Crippen LogP contribution in [0, 0.1) is 12.8 Å². The Kier molecular flexibility index (Phi) is 6.14. The molecule has 2 aliphatic rings. The Bertz CT molecular complexity index is 633. The molecule has 0 saturated carbocycles. The fourth-order valence-electron chi connectivity index (χ4n) is 3.88. The number of piperidine rings is 2. The zero-order valence-corrected chi connectivity index (χ0v) is 15.5. The van der Waals surface area contributed by atoms with Gasteiger partial charge in [0.2, 0.25) is 11.8 Å². The highest BCUT2D eigenvalue weighted by Crippen LogP contribution is 2.25. The van der Waals surface area contributed by atoms with Crippen LogP contribution in [0.25, 0.3) is 0 Å². The number of primary amides is 1. The fraction of sp³-hybridized carbons (Fsp3) is 0.600. The molecular weight excluding hydrogens is 330 g/mol. The molecule has 2 fully saturated rings. The lowest BCUT2D eigenvalue weighted by molar-refractivity contribution is -0.139. The first-order chi connectivity index (χ1) is 12.5. The van der Waals surface area contributed by atoms with Crippen LogP contribution >= 0.6 is 0 Å². The van der Waals surface area contributed by atoms with E-state index < -0.39 is 0 Å². The molecule has 0 radical (unpaired) electrons. The Balaban J connectivity index is 1.44. The van der Waals surface area contributed by atoms with Gasteiger partial charge in [0.15, 0.2) is 0 Å². The largest absolute Gasteiger partial charge is 0.490 e. The Morgan fingerprint density at radius 1 is 1.08 bits per heavy atom. The second-order valence-electron chi connectivity index (χ2n) is 7.42. The molecule has 0 aromatic heterocycles. The minimum atomic E-state index is -0.300. The van der Waals surface area contributed by atoms with Gasteiger partial charge >= 0.3 is 0 Å². The van der Waals surface area contributed by atoms with Gasteiger partial charge in [-0.25, -0.2) is 0 Å². The van der Waals surface area contributed by atoms with Crippen molar-refractivity contribution in [3.8, 4) is 5.75 Å². The summed E-state index contributed by atoms with van der Waals surface area (Å²) in [7, 11) is 0. The van der Waals surface area contributed by atoms with Gasteiger partial charge in [-0.15, -0.1) is 0 Å². The van der Waals surface area contributed by atoms with Crippen molar-refractivity contribution in [2.45, 2.75) is 38.7 Å². The van der Waals surface area contributed by atoms with Gasteiger partial charge in [-0.1, -0.05) is 18.2 Å². The monoisotopic (exact) mass is 359 g/mol. The molecule has 2 amide bonds. The van der Waals surface area contributed by atoms with Crippen molar-refractivity contribution in [1.82, 2.24) is 9.80 Å². The van der Waals surface area contributed by atoms with Gasteiger partial charge in [0.05, 0.1) is 6.54 Å². The van der Waals surface area contributed by atoms with Crippen LogP contribution in [0.15, 0.2) is 24.3 Å². The molecule has 2 heterocycles. The van der Waals surface area contributed by atoms with Crippen LogP contribution in [0.2, 0.25) is 0 Å². The number of hydrogen-bond donors (Lipinski definition) is 1. The first-order valence-corrected chi connectivity index (χ1v) is 9.54. The zero-order valence-electron chi connectivity index (χ0n) is 15.5. The van der Waals surface area contributed by atoms with E-state index >= 15 is 0 Å². The maximum atomic E-state index is 12.8. The van der Waals surface area contributed by atoms with E-state index in [-0.39, 0.29) is 23.8 Å². The number of amides is 2. The third-order valence-electron chi connectivity index (χ3n) is 5.46. The fourth-order valence-corrected chi connectivity index (χ4v) is 3.88. The smallest absolute Gasteiger partial charge is 0.231 e. The molecule has 0 aliphatic carbocycles. The van der Waals surface area contributed by atoms with Gasteiger partial charge in [0, 0.05) is 31.8 Å². The van der Waals surface area contributed by atoms with Crippen LogP contribution in [0.3, 0.4) is 0 Å². The number of para-hydroxylation sites is 1. The van der Waals surface area contributed by atoms with Crippen LogP contribution in [0.1, 0.15) is 31.2 Å². The minimum absolute atomic E-state index is 0.0768. The number of carbonyl (C=O) groups is 2. The van der Waals surface area contributed by atoms with E-state index in [1.165, 1.54) is 0 Å². The first kappa shape index (κ1) is 18.7. The van der Waals surface area contributed by atoms with Crippen molar-refractivity contribution in [3.05, 3.63) is 29.8 Å². The molecule has 0 bridgehead atoms. The van der Waals surface area contributed by atoms with Crippen molar-refractivity contribution in [2.24, 2.45) is 11.7 Å². The second-order valence-corrected chi connectivity index (χ2v) is 7.42. The first-order valence-electron chi connectivity index (χ1n) is 9.54. The number of nitrogens with two attached hydrogens (primary N) is 1. The average molecular weight is 359 g/mol. The van der Waals surface area contributed by atoms with Gasteiger partial charge in [0.1, 0.15) is 11.9 Å². The lowest BCUT2D eigenvalue weighted by Gasteiger charge is -2.37. The number of hydrogen-bond acceptors (Lipinski definition) is 4. The number of nitrogens with zero attached hydrogens (tertiary/aromatic N) is 2. The number of ether oxygens (including phenoxy) is 1. The van der Waals surface area contributed by atoms with E-state index in [0.717, 1.165) is 63.2 Å². The molecule has 6 nitrogen and oxygen atoms in total. The molecule has 2 aliphatic heterocycles. The predicted molar refractivity (Wildman–Crippen MR) is 99.8 cm³/mol. The Morgan fingerprint density at radius 2 is 1.73 bits per heavy atom. The van der Waals surface area contributed by atoms with Gasteiger partial charge in [0.25, 0.3) is 0 Å². The van der Waals surface area contributed by atoms with Crippen molar-refractivity contribution >= 4 is 11.8 Å². The molecule has 1 aromatic rings. The van der Waals surface area contributed by atoms with Crippen molar-refractivity contribution < 1.29 is 14.3 Å². The summed E-state index contributed by atoms with van der Waals surface area (Å²) in [6, 6.07) is 8.06. The summed E-state index contributed by atoms with van der Waals surface area (Å²) in [5.41, 5.74) is 6.39. The molecule has 2 N–H and O–H groups in total. The number of carbonyl (C=O) groups excluding carboxylic acids is 2. The van der Waals surface area contributed by atoms with Gasteiger partial charge in [-0.3, -0.25) is 14.5 Å². The third-order valence-corrected chi connectivity index (χ3v) is 5.46. The third kappa shape index (κ3) is 4.75. The maximum absolute atomic E-state index is 12.8. The highest BCUT2D eigenvalue weighted by Gasteiger charge is 2.31.